The number of rotatable bonds is 8. The molecule has 4 aliphatic rings. The third kappa shape index (κ3) is 5.01. The van der Waals surface area contributed by atoms with Crippen LogP contribution in [0.1, 0.15) is 30.9 Å². The van der Waals surface area contributed by atoms with E-state index in [0.29, 0.717) is 24.5 Å². The smallest absolute Gasteiger partial charge is 0.205 e. The van der Waals surface area contributed by atoms with Crippen LogP contribution in [0.25, 0.3) is 0 Å². The fourth-order valence-corrected chi connectivity index (χ4v) is 4.83. The van der Waals surface area contributed by atoms with E-state index in [4.69, 9.17) is 19.3 Å². The van der Waals surface area contributed by atoms with Crippen molar-refractivity contribution in [1.29, 1.82) is 0 Å². The zero-order valence-corrected chi connectivity index (χ0v) is 20.5. The second-order valence-electron chi connectivity index (χ2n) is 9.36. The molecule has 0 spiro atoms. The van der Waals surface area contributed by atoms with Crippen molar-refractivity contribution in [3.63, 3.8) is 0 Å². The summed E-state index contributed by atoms with van der Waals surface area (Å²) in [5.74, 6) is 0.570. The summed E-state index contributed by atoms with van der Waals surface area (Å²) in [5, 5.41) is 10.0. The number of nitrogens with zero attached hydrogens (tertiary/aromatic N) is 2. The van der Waals surface area contributed by atoms with Crippen molar-refractivity contribution in [2.75, 3.05) is 16.9 Å². The minimum atomic E-state index is -0.265. The van der Waals surface area contributed by atoms with Gasteiger partial charge in [-0.2, -0.15) is 5.10 Å². The Morgan fingerprint density at radius 1 is 1.16 bits per heavy atom. The van der Waals surface area contributed by atoms with E-state index in [2.05, 4.69) is 36.2 Å². The number of fused-ring (bicyclic) bond motifs is 1. The number of carbonyl (C=O) groups excluding carboxylic acids is 1. The van der Waals surface area contributed by atoms with Crippen LogP contribution in [-0.4, -0.2) is 36.7 Å². The molecule has 6 rings (SSSR count). The summed E-state index contributed by atoms with van der Waals surface area (Å²) in [6.45, 7) is 4.10. The van der Waals surface area contributed by atoms with Crippen LogP contribution in [-0.2, 0) is 19.0 Å². The number of ketones is 1. The lowest BCUT2D eigenvalue weighted by Crippen LogP contribution is -2.39. The van der Waals surface area contributed by atoms with Crippen molar-refractivity contribution in [2.45, 2.75) is 43.9 Å². The van der Waals surface area contributed by atoms with Crippen molar-refractivity contribution in [3.8, 4) is 0 Å². The highest BCUT2D eigenvalue weighted by Crippen LogP contribution is 2.38. The Morgan fingerprint density at radius 3 is 2.76 bits per heavy atom. The van der Waals surface area contributed by atoms with Crippen LogP contribution < -0.4 is 10.3 Å². The maximum Gasteiger partial charge on any atom is 0.205 e. The predicted molar refractivity (Wildman–Crippen MR) is 143 cm³/mol. The molecule has 4 unspecified atom stereocenters. The second kappa shape index (κ2) is 10.2. The first-order valence-electron chi connectivity index (χ1n) is 12.6. The highest BCUT2D eigenvalue weighted by Gasteiger charge is 2.40. The van der Waals surface area contributed by atoms with Gasteiger partial charge in [-0.1, -0.05) is 54.6 Å². The number of hydrogen-bond acceptors (Lipinski definition) is 7. The normalized spacial score (nSPS) is 26.3. The molecule has 4 atom stereocenters. The summed E-state index contributed by atoms with van der Waals surface area (Å²) in [7, 11) is 0. The lowest BCUT2D eigenvalue weighted by atomic mass is 9.91. The molecule has 2 aromatic rings. The van der Waals surface area contributed by atoms with Gasteiger partial charge < -0.3 is 19.5 Å². The molecule has 188 valence electrons. The Bertz CT molecular complexity index is 1300. The second-order valence-corrected chi connectivity index (χ2v) is 9.36. The first-order valence-corrected chi connectivity index (χ1v) is 12.6. The van der Waals surface area contributed by atoms with Gasteiger partial charge in [0.1, 0.15) is 11.9 Å². The van der Waals surface area contributed by atoms with E-state index in [1.54, 1.807) is 6.08 Å². The first-order chi connectivity index (χ1) is 18.2. The van der Waals surface area contributed by atoms with Gasteiger partial charge in [0, 0.05) is 5.69 Å². The average Bonchev–Trinajstić information content (AvgIpc) is 3.70. The fourth-order valence-electron chi connectivity index (χ4n) is 4.83. The molecule has 1 aliphatic carbocycles. The molecular weight excluding hydrogens is 466 g/mol. The van der Waals surface area contributed by atoms with Crippen molar-refractivity contribution < 1.29 is 19.0 Å². The van der Waals surface area contributed by atoms with E-state index in [9.17, 15) is 4.79 Å². The topological polar surface area (TPSA) is 75.7 Å². The maximum atomic E-state index is 13.2. The molecular formula is C30H29N3O4. The number of benzene rings is 2. The quantitative estimate of drug-likeness (QED) is 0.389. The summed E-state index contributed by atoms with van der Waals surface area (Å²) in [5.41, 5.74) is 4.38. The molecule has 7 heteroatoms. The lowest BCUT2D eigenvalue weighted by Gasteiger charge is -2.36. The monoisotopic (exact) mass is 495 g/mol. The summed E-state index contributed by atoms with van der Waals surface area (Å²) in [6.07, 6.45) is 11.5. The largest absolute Gasteiger partial charge is 0.483 e. The molecule has 37 heavy (non-hydrogen) atoms. The molecule has 2 aromatic carbocycles. The van der Waals surface area contributed by atoms with Crippen molar-refractivity contribution in [3.05, 3.63) is 108 Å². The van der Waals surface area contributed by atoms with Gasteiger partial charge in [0.05, 0.1) is 24.8 Å². The molecule has 0 aromatic heterocycles. The van der Waals surface area contributed by atoms with Crippen LogP contribution in [0, 0.1) is 0 Å². The van der Waals surface area contributed by atoms with E-state index < -0.39 is 0 Å². The Hall–Kier alpha value is -3.94. The van der Waals surface area contributed by atoms with Crippen molar-refractivity contribution in [2.24, 2.45) is 5.10 Å². The number of hydrazone groups is 1. The third-order valence-electron chi connectivity index (χ3n) is 6.79. The zero-order chi connectivity index (χ0) is 25.2. The number of hydrogen-bond donors (Lipinski definition) is 1. The van der Waals surface area contributed by atoms with Gasteiger partial charge in [-0.15, -0.1) is 6.58 Å². The van der Waals surface area contributed by atoms with Gasteiger partial charge in [0.15, 0.2) is 17.7 Å². The van der Waals surface area contributed by atoms with Crippen LogP contribution in [0.3, 0.4) is 0 Å². The minimum absolute atomic E-state index is 0.00389. The zero-order valence-electron chi connectivity index (χ0n) is 20.5. The van der Waals surface area contributed by atoms with Gasteiger partial charge >= 0.3 is 0 Å². The SMILES string of the molecule is C=CCOC1OC1Nc1ccc(N2N=C3C(=O)CC(C4=CC=CCC4)OC3=CC2c2ccccc2)cc1. The third-order valence-corrected chi connectivity index (χ3v) is 6.79. The van der Waals surface area contributed by atoms with Gasteiger partial charge in [-0.25, -0.2) is 0 Å². The molecule has 1 N–H and O–H groups in total. The van der Waals surface area contributed by atoms with E-state index >= 15 is 0 Å². The fraction of sp³-hybridized carbons (Fsp3) is 0.267. The summed E-state index contributed by atoms with van der Waals surface area (Å²) in [4.78, 5) is 13.2. The molecule has 2 saturated heterocycles. The van der Waals surface area contributed by atoms with E-state index in [1.807, 2.05) is 59.6 Å². The van der Waals surface area contributed by atoms with Crippen molar-refractivity contribution in [1.82, 2.24) is 0 Å². The number of anilines is 2. The lowest BCUT2D eigenvalue weighted by molar-refractivity contribution is -0.116. The predicted octanol–water partition coefficient (Wildman–Crippen LogP) is 5.42. The van der Waals surface area contributed by atoms with Crippen LogP contribution in [0.15, 0.2) is 108 Å². The van der Waals surface area contributed by atoms with Crippen LogP contribution in [0.4, 0.5) is 11.4 Å². The van der Waals surface area contributed by atoms with Crippen LogP contribution in [0.2, 0.25) is 0 Å². The van der Waals surface area contributed by atoms with Gasteiger partial charge in [-0.05, 0) is 54.3 Å². The Labute approximate surface area is 216 Å². The number of carbonyl (C=O) groups is 1. The van der Waals surface area contributed by atoms with Gasteiger partial charge in [-0.3, -0.25) is 9.80 Å². The first kappa shape index (κ1) is 23.5. The molecule has 3 aliphatic heterocycles. The highest BCUT2D eigenvalue weighted by atomic mass is 16.8. The number of ether oxygens (including phenoxy) is 3. The number of epoxide rings is 1. The maximum absolute atomic E-state index is 13.2. The van der Waals surface area contributed by atoms with E-state index in [1.165, 1.54) is 0 Å². The Kier molecular flexibility index (Phi) is 6.47. The van der Waals surface area contributed by atoms with Gasteiger partial charge in [0.2, 0.25) is 6.29 Å². The van der Waals surface area contributed by atoms with Gasteiger partial charge in [0.25, 0.3) is 0 Å². The molecule has 7 nitrogen and oxygen atoms in total. The van der Waals surface area contributed by atoms with E-state index in [0.717, 1.165) is 35.4 Å². The summed E-state index contributed by atoms with van der Waals surface area (Å²) in [6, 6.07) is 17.8. The van der Waals surface area contributed by atoms with Crippen molar-refractivity contribution >= 4 is 22.9 Å². The van der Waals surface area contributed by atoms with Crippen LogP contribution in [0.5, 0.6) is 0 Å². The number of allylic oxidation sites excluding steroid dienone is 4. The molecule has 0 bridgehead atoms. The standard InChI is InChI=1S/C30H29N3O4/c1-2-17-35-30-29(37-30)31-22-13-15-23(16-14-22)33-24(20-9-5-3-6-10-20)18-27-28(32-33)25(34)19-26(36-27)21-11-7-4-8-12-21/h2-7,9-11,13-16,18,24,26,29-31H,1,8,12,17,19H2. The Balaban J connectivity index is 1.25. The highest BCUT2D eigenvalue weighted by molar-refractivity contribution is 6.46. The average molecular weight is 496 g/mol. The molecule has 0 radical (unpaired) electrons. The number of Topliss-reactive ketones (excluding diaryl/α,β-unsaturated/α-hetero) is 1. The van der Waals surface area contributed by atoms with E-state index in [-0.39, 0.29) is 30.4 Å². The molecule has 3 heterocycles. The molecule has 0 saturated carbocycles. The number of nitrogens with one attached hydrogen (secondary N) is 1. The molecule has 2 fully saturated rings. The Morgan fingerprint density at radius 2 is 2.00 bits per heavy atom. The summed E-state index contributed by atoms with van der Waals surface area (Å²) < 4.78 is 17.4. The van der Waals surface area contributed by atoms with Crippen LogP contribution >= 0.6 is 0 Å². The minimum Gasteiger partial charge on any atom is -0.483 e. The molecule has 0 amide bonds. The summed E-state index contributed by atoms with van der Waals surface area (Å²) >= 11 is 0.